The number of sulfonamides is 1. The third-order valence-electron chi connectivity index (χ3n) is 3.57. The highest BCUT2D eigenvalue weighted by atomic mass is 32.2. The van der Waals surface area contributed by atoms with E-state index in [4.69, 9.17) is 15.6 Å². The van der Waals surface area contributed by atoms with E-state index in [1.165, 1.54) is 0 Å². The molecule has 7 nitrogen and oxygen atoms in total. The molecule has 0 spiro atoms. The Kier molecular flexibility index (Phi) is 3.90. The smallest absolute Gasteiger partial charge is 0.303 e. The summed E-state index contributed by atoms with van der Waals surface area (Å²) in [6, 6.07) is -0.570. The molecule has 1 aliphatic carbocycles. The SMILES string of the molecule is NC1C2CCOC2C1NS(=O)(=O)CCCC(=O)O. The van der Waals surface area contributed by atoms with Gasteiger partial charge in [-0.3, -0.25) is 4.79 Å². The zero-order valence-electron chi connectivity index (χ0n) is 9.91. The molecular weight excluding hydrogens is 260 g/mol. The zero-order valence-corrected chi connectivity index (χ0v) is 10.7. The standard InChI is InChI=1S/C10H18N2O5S/c11-8-6-3-4-17-10(6)9(8)12-18(15,16)5-1-2-7(13)14/h6,8-10,12H,1-5,11H2,(H,13,14). The fraction of sp³-hybridized carbons (Fsp3) is 0.900. The first kappa shape index (κ1) is 13.7. The summed E-state index contributed by atoms with van der Waals surface area (Å²) in [6.45, 7) is 0.625. The Hall–Kier alpha value is -0.700. The summed E-state index contributed by atoms with van der Waals surface area (Å²) < 4.78 is 31.4. The number of nitrogens with two attached hydrogens (primary N) is 1. The van der Waals surface area contributed by atoms with Crippen LogP contribution in [0.25, 0.3) is 0 Å². The van der Waals surface area contributed by atoms with E-state index in [2.05, 4.69) is 4.72 Å². The number of carbonyl (C=O) groups is 1. The van der Waals surface area contributed by atoms with Crippen molar-refractivity contribution < 1.29 is 23.1 Å². The number of hydrogen-bond donors (Lipinski definition) is 3. The number of fused-ring (bicyclic) bond motifs is 1. The first-order chi connectivity index (χ1) is 8.41. The van der Waals surface area contributed by atoms with E-state index < -0.39 is 16.0 Å². The molecule has 2 fully saturated rings. The average molecular weight is 278 g/mol. The fourth-order valence-corrected chi connectivity index (χ4v) is 3.92. The van der Waals surface area contributed by atoms with Crippen molar-refractivity contribution in [3.63, 3.8) is 0 Å². The molecule has 1 heterocycles. The van der Waals surface area contributed by atoms with Crippen LogP contribution in [0.15, 0.2) is 0 Å². The minimum atomic E-state index is -3.48. The van der Waals surface area contributed by atoms with Crippen molar-refractivity contribution in [2.45, 2.75) is 37.5 Å². The number of carboxylic acid groups (broad SMARTS) is 1. The molecule has 1 saturated carbocycles. The maximum atomic E-state index is 11.7. The van der Waals surface area contributed by atoms with Gasteiger partial charge in [0.25, 0.3) is 0 Å². The molecular formula is C10H18N2O5S. The van der Waals surface area contributed by atoms with Crippen molar-refractivity contribution in [2.75, 3.05) is 12.4 Å². The third kappa shape index (κ3) is 2.82. The van der Waals surface area contributed by atoms with E-state index in [1.807, 2.05) is 0 Å². The van der Waals surface area contributed by atoms with Crippen LogP contribution in [0.1, 0.15) is 19.3 Å². The molecule has 104 valence electrons. The molecule has 8 heteroatoms. The number of carboxylic acids is 1. The van der Waals surface area contributed by atoms with Crippen LogP contribution in [0.5, 0.6) is 0 Å². The summed E-state index contributed by atoms with van der Waals surface area (Å²) >= 11 is 0. The van der Waals surface area contributed by atoms with Gasteiger partial charge >= 0.3 is 5.97 Å². The van der Waals surface area contributed by atoms with Crippen molar-refractivity contribution in [1.29, 1.82) is 0 Å². The van der Waals surface area contributed by atoms with Gasteiger partial charge in [-0.1, -0.05) is 0 Å². The van der Waals surface area contributed by atoms with Gasteiger partial charge in [0.15, 0.2) is 0 Å². The van der Waals surface area contributed by atoms with Crippen LogP contribution < -0.4 is 10.5 Å². The van der Waals surface area contributed by atoms with E-state index in [1.54, 1.807) is 0 Å². The van der Waals surface area contributed by atoms with Crippen molar-refractivity contribution in [3.8, 4) is 0 Å². The maximum absolute atomic E-state index is 11.7. The Balaban J connectivity index is 1.83. The van der Waals surface area contributed by atoms with Crippen LogP contribution in [0.2, 0.25) is 0 Å². The van der Waals surface area contributed by atoms with Crippen LogP contribution in [-0.4, -0.2) is 50.0 Å². The van der Waals surface area contributed by atoms with Gasteiger partial charge in [0, 0.05) is 25.0 Å². The Morgan fingerprint density at radius 3 is 2.89 bits per heavy atom. The largest absolute Gasteiger partial charge is 0.481 e. The topological polar surface area (TPSA) is 119 Å². The normalized spacial score (nSPS) is 34.9. The molecule has 4 N–H and O–H groups in total. The summed E-state index contributed by atoms with van der Waals surface area (Å²) in [4.78, 5) is 10.3. The molecule has 0 bridgehead atoms. The molecule has 1 saturated heterocycles. The van der Waals surface area contributed by atoms with Crippen LogP contribution in [0, 0.1) is 5.92 Å². The lowest BCUT2D eigenvalue weighted by Crippen LogP contribution is -2.69. The highest BCUT2D eigenvalue weighted by molar-refractivity contribution is 7.89. The second-order valence-electron chi connectivity index (χ2n) is 4.83. The van der Waals surface area contributed by atoms with Gasteiger partial charge in [-0.05, 0) is 12.8 Å². The molecule has 0 aromatic carbocycles. The molecule has 0 aromatic heterocycles. The number of aliphatic carboxylic acids is 1. The molecule has 18 heavy (non-hydrogen) atoms. The van der Waals surface area contributed by atoms with Crippen LogP contribution in [-0.2, 0) is 19.6 Å². The van der Waals surface area contributed by atoms with E-state index in [0.717, 1.165) is 6.42 Å². The van der Waals surface area contributed by atoms with Gasteiger partial charge in [0.1, 0.15) is 0 Å². The number of ether oxygens (including phenoxy) is 1. The molecule has 1 aliphatic heterocycles. The summed E-state index contributed by atoms with van der Waals surface area (Å²) in [5.41, 5.74) is 5.89. The second-order valence-corrected chi connectivity index (χ2v) is 6.70. The predicted molar refractivity (Wildman–Crippen MR) is 63.4 cm³/mol. The Morgan fingerprint density at radius 1 is 1.50 bits per heavy atom. The van der Waals surface area contributed by atoms with Gasteiger partial charge < -0.3 is 15.6 Å². The minimum Gasteiger partial charge on any atom is -0.481 e. The van der Waals surface area contributed by atoms with Crippen LogP contribution >= 0.6 is 0 Å². The zero-order chi connectivity index (χ0) is 13.3. The Bertz CT molecular complexity index is 424. The summed E-state index contributed by atoms with van der Waals surface area (Å²) in [5, 5.41) is 8.46. The first-order valence-corrected chi connectivity index (χ1v) is 7.65. The van der Waals surface area contributed by atoms with Gasteiger partial charge in [-0.2, -0.15) is 0 Å². The highest BCUT2D eigenvalue weighted by Crippen LogP contribution is 2.38. The lowest BCUT2D eigenvalue weighted by Gasteiger charge is -2.45. The third-order valence-corrected chi connectivity index (χ3v) is 5.02. The number of rotatable bonds is 6. The number of nitrogens with one attached hydrogen (secondary N) is 1. The average Bonchev–Trinajstić information content (AvgIpc) is 2.70. The highest BCUT2D eigenvalue weighted by Gasteiger charge is 2.53. The van der Waals surface area contributed by atoms with Crippen LogP contribution in [0.4, 0.5) is 0 Å². The predicted octanol–water partition coefficient (Wildman–Crippen LogP) is -1.11. The van der Waals surface area contributed by atoms with Crippen molar-refractivity contribution in [2.24, 2.45) is 11.7 Å². The van der Waals surface area contributed by atoms with Crippen molar-refractivity contribution >= 4 is 16.0 Å². The molecule has 0 aromatic rings. The molecule has 2 aliphatic rings. The molecule has 4 atom stereocenters. The Morgan fingerprint density at radius 2 is 2.22 bits per heavy atom. The molecule has 2 rings (SSSR count). The molecule has 4 unspecified atom stereocenters. The van der Waals surface area contributed by atoms with E-state index in [0.29, 0.717) is 6.61 Å². The summed E-state index contributed by atoms with van der Waals surface area (Å²) in [6.07, 6.45) is 0.708. The van der Waals surface area contributed by atoms with E-state index in [-0.39, 0.29) is 42.7 Å². The van der Waals surface area contributed by atoms with Crippen molar-refractivity contribution in [1.82, 2.24) is 4.72 Å². The van der Waals surface area contributed by atoms with Gasteiger partial charge in [-0.15, -0.1) is 0 Å². The second kappa shape index (κ2) is 5.12. The monoisotopic (exact) mass is 278 g/mol. The van der Waals surface area contributed by atoms with E-state index in [9.17, 15) is 13.2 Å². The first-order valence-electron chi connectivity index (χ1n) is 6.00. The van der Waals surface area contributed by atoms with Gasteiger partial charge in [0.2, 0.25) is 10.0 Å². The van der Waals surface area contributed by atoms with Crippen LogP contribution in [0.3, 0.4) is 0 Å². The van der Waals surface area contributed by atoms with Gasteiger partial charge in [0.05, 0.1) is 17.9 Å². The molecule has 0 amide bonds. The van der Waals surface area contributed by atoms with E-state index >= 15 is 0 Å². The maximum Gasteiger partial charge on any atom is 0.303 e. The Labute approximate surface area is 106 Å². The lowest BCUT2D eigenvalue weighted by atomic mass is 9.73. The van der Waals surface area contributed by atoms with Gasteiger partial charge in [-0.25, -0.2) is 13.1 Å². The summed E-state index contributed by atoms with van der Waals surface area (Å²) in [5.74, 6) is -0.943. The quantitative estimate of drug-likeness (QED) is 0.566. The minimum absolute atomic E-state index is 0.0988. The van der Waals surface area contributed by atoms with Crippen molar-refractivity contribution in [3.05, 3.63) is 0 Å². The summed E-state index contributed by atoms with van der Waals surface area (Å²) in [7, 11) is -3.48. The molecule has 0 radical (unpaired) electrons. The fourth-order valence-electron chi connectivity index (χ4n) is 2.57. The number of hydrogen-bond acceptors (Lipinski definition) is 5. The lowest BCUT2D eigenvalue weighted by molar-refractivity contribution is -0.137.